The Labute approximate surface area is 156 Å². The molecule has 0 radical (unpaired) electrons. The molecule has 136 valence electrons. The van der Waals surface area contributed by atoms with Crippen molar-refractivity contribution < 1.29 is 9.53 Å². The van der Waals surface area contributed by atoms with E-state index in [2.05, 4.69) is 31.3 Å². The number of hydrogen-bond acceptors (Lipinski definition) is 3. The molecule has 1 atom stereocenters. The molecular weight excluding hydrogens is 336 g/mol. The van der Waals surface area contributed by atoms with Gasteiger partial charge in [0, 0.05) is 12.6 Å². The lowest BCUT2D eigenvalue weighted by molar-refractivity contribution is -0.120. The van der Waals surface area contributed by atoms with Gasteiger partial charge in [-0.2, -0.15) is 0 Å². The zero-order chi connectivity index (χ0) is 17.5. The van der Waals surface area contributed by atoms with Gasteiger partial charge in [-0.05, 0) is 34.7 Å². The second kappa shape index (κ2) is 10.1. The van der Waals surface area contributed by atoms with Crippen LogP contribution in [0.15, 0.2) is 48.5 Å². The summed E-state index contributed by atoms with van der Waals surface area (Å²) >= 11 is 0. The van der Waals surface area contributed by atoms with Crippen molar-refractivity contribution in [2.24, 2.45) is 5.73 Å². The van der Waals surface area contributed by atoms with Crippen molar-refractivity contribution in [3.63, 3.8) is 0 Å². The number of rotatable bonds is 7. The lowest BCUT2D eigenvalue weighted by Crippen LogP contribution is -2.32. The van der Waals surface area contributed by atoms with Crippen LogP contribution in [0.3, 0.4) is 0 Å². The van der Waals surface area contributed by atoms with Gasteiger partial charge in [-0.15, -0.1) is 12.4 Å². The highest BCUT2D eigenvalue weighted by Gasteiger charge is 2.09. The van der Waals surface area contributed by atoms with Gasteiger partial charge in [0.25, 0.3) is 0 Å². The molecule has 0 bridgehead atoms. The van der Waals surface area contributed by atoms with Crippen molar-refractivity contribution in [3.05, 3.63) is 65.2 Å². The fourth-order valence-electron chi connectivity index (χ4n) is 2.46. The third-order valence-electron chi connectivity index (χ3n) is 4.07. The Morgan fingerprint density at radius 2 is 1.60 bits per heavy atom. The SMILES string of the molecule is COc1ccc(CC(=O)NCC(N)c2ccc(C(C)C)cc2)cc1.Cl. The highest BCUT2D eigenvalue weighted by Crippen LogP contribution is 2.17. The first-order chi connectivity index (χ1) is 11.5. The van der Waals surface area contributed by atoms with E-state index in [9.17, 15) is 4.79 Å². The Morgan fingerprint density at radius 3 is 2.12 bits per heavy atom. The quantitative estimate of drug-likeness (QED) is 0.791. The summed E-state index contributed by atoms with van der Waals surface area (Å²) in [6.45, 7) is 4.75. The van der Waals surface area contributed by atoms with Crippen molar-refractivity contribution in [3.8, 4) is 5.75 Å². The molecular formula is C20H27ClN2O2. The van der Waals surface area contributed by atoms with E-state index in [-0.39, 0.29) is 24.4 Å². The first-order valence-corrected chi connectivity index (χ1v) is 8.24. The maximum Gasteiger partial charge on any atom is 0.224 e. The number of benzene rings is 2. The number of methoxy groups -OCH3 is 1. The largest absolute Gasteiger partial charge is 0.497 e. The molecule has 0 aliphatic carbocycles. The monoisotopic (exact) mass is 362 g/mol. The average Bonchev–Trinajstić information content (AvgIpc) is 2.60. The number of carbonyl (C=O) groups is 1. The Bertz CT molecular complexity index is 654. The van der Waals surface area contributed by atoms with Crippen LogP contribution in [0.2, 0.25) is 0 Å². The molecule has 0 spiro atoms. The molecule has 1 unspecified atom stereocenters. The third-order valence-corrected chi connectivity index (χ3v) is 4.07. The predicted octanol–water partition coefficient (Wildman–Crippen LogP) is 3.60. The number of nitrogens with one attached hydrogen (secondary N) is 1. The van der Waals surface area contributed by atoms with Crippen molar-refractivity contribution in [2.75, 3.05) is 13.7 Å². The van der Waals surface area contributed by atoms with E-state index in [1.165, 1.54) is 5.56 Å². The molecule has 2 aromatic rings. The maximum atomic E-state index is 12.0. The predicted molar refractivity (Wildman–Crippen MR) is 104 cm³/mol. The molecule has 25 heavy (non-hydrogen) atoms. The van der Waals surface area contributed by atoms with Crippen LogP contribution in [-0.4, -0.2) is 19.6 Å². The lowest BCUT2D eigenvalue weighted by Gasteiger charge is -2.14. The van der Waals surface area contributed by atoms with Crippen LogP contribution in [0.5, 0.6) is 5.75 Å². The van der Waals surface area contributed by atoms with Crippen LogP contribution in [0.25, 0.3) is 0 Å². The second-order valence-corrected chi connectivity index (χ2v) is 6.26. The van der Waals surface area contributed by atoms with E-state index >= 15 is 0 Å². The van der Waals surface area contributed by atoms with E-state index in [1.54, 1.807) is 7.11 Å². The molecule has 0 aliphatic rings. The number of ether oxygens (including phenoxy) is 1. The summed E-state index contributed by atoms with van der Waals surface area (Å²) in [6.07, 6.45) is 0.336. The molecule has 1 amide bonds. The molecule has 0 saturated heterocycles. The summed E-state index contributed by atoms with van der Waals surface area (Å²) in [7, 11) is 1.62. The number of amides is 1. The summed E-state index contributed by atoms with van der Waals surface area (Å²) in [6, 6.07) is 15.6. The fraction of sp³-hybridized carbons (Fsp3) is 0.350. The summed E-state index contributed by atoms with van der Waals surface area (Å²) in [4.78, 5) is 12.0. The van der Waals surface area contributed by atoms with E-state index < -0.39 is 0 Å². The summed E-state index contributed by atoms with van der Waals surface area (Å²) in [5.74, 6) is 1.25. The fourth-order valence-corrected chi connectivity index (χ4v) is 2.46. The zero-order valence-electron chi connectivity index (χ0n) is 15.0. The Kier molecular flexibility index (Phi) is 8.46. The van der Waals surface area contributed by atoms with Gasteiger partial charge < -0.3 is 15.8 Å². The molecule has 4 nitrogen and oxygen atoms in total. The van der Waals surface area contributed by atoms with Gasteiger partial charge in [0.2, 0.25) is 5.91 Å². The van der Waals surface area contributed by atoms with Crippen molar-refractivity contribution in [1.82, 2.24) is 5.32 Å². The Balaban J connectivity index is 0.00000312. The molecule has 0 aliphatic heterocycles. The van der Waals surface area contributed by atoms with Gasteiger partial charge in [0.1, 0.15) is 5.75 Å². The van der Waals surface area contributed by atoms with E-state index in [0.717, 1.165) is 16.9 Å². The molecule has 2 rings (SSSR count). The topological polar surface area (TPSA) is 64.3 Å². The van der Waals surface area contributed by atoms with Gasteiger partial charge in [-0.25, -0.2) is 0 Å². The number of halogens is 1. The molecule has 0 fully saturated rings. The van der Waals surface area contributed by atoms with Crippen molar-refractivity contribution in [2.45, 2.75) is 32.2 Å². The average molecular weight is 363 g/mol. The Morgan fingerprint density at radius 1 is 1.04 bits per heavy atom. The second-order valence-electron chi connectivity index (χ2n) is 6.26. The smallest absolute Gasteiger partial charge is 0.224 e. The molecule has 0 aromatic heterocycles. The summed E-state index contributed by atoms with van der Waals surface area (Å²) in [5, 5.41) is 2.90. The molecule has 3 N–H and O–H groups in total. The minimum Gasteiger partial charge on any atom is -0.497 e. The van der Waals surface area contributed by atoms with Crippen molar-refractivity contribution >= 4 is 18.3 Å². The van der Waals surface area contributed by atoms with Crippen molar-refractivity contribution in [1.29, 1.82) is 0 Å². The van der Waals surface area contributed by atoms with Crippen LogP contribution >= 0.6 is 12.4 Å². The molecule has 0 saturated carbocycles. The van der Waals surface area contributed by atoms with Crippen LogP contribution in [0.4, 0.5) is 0 Å². The van der Waals surface area contributed by atoms with Gasteiger partial charge in [0.05, 0.1) is 13.5 Å². The van der Waals surface area contributed by atoms with Gasteiger partial charge in [-0.3, -0.25) is 4.79 Å². The minimum absolute atomic E-state index is 0. The number of nitrogens with two attached hydrogens (primary N) is 1. The third kappa shape index (κ3) is 6.40. The summed E-state index contributed by atoms with van der Waals surface area (Å²) in [5.41, 5.74) is 9.44. The van der Waals surface area contributed by atoms with E-state index in [1.807, 2.05) is 36.4 Å². The van der Waals surface area contributed by atoms with Crippen LogP contribution in [0.1, 0.15) is 42.5 Å². The highest BCUT2D eigenvalue weighted by atomic mass is 35.5. The number of hydrogen-bond donors (Lipinski definition) is 2. The number of carbonyl (C=O) groups excluding carboxylic acids is 1. The minimum atomic E-state index is -0.203. The van der Waals surface area contributed by atoms with E-state index in [4.69, 9.17) is 10.5 Å². The molecule has 5 heteroatoms. The van der Waals surface area contributed by atoms with Crippen LogP contribution in [-0.2, 0) is 11.2 Å². The first-order valence-electron chi connectivity index (χ1n) is 8.24. The van der Waals surface area contributed by atoms with Crippen LogP contribution in [0, 0.1) is 0 Å². The van der Waals surface area contributed by atoms with E-state index in [0.29, 0.717) is 18.9 Å². The normalized spacial score (nSPS) is 11.6. The molecule has 2 aromatic carbocycles. The summed E-state index contributed by atoms with van der Waals surface area (Å²) < 4.78 is 5.11. The molecule has 0 heterocycles. The van der Waals surface area contributed by atoms with Gasteiger partial charge >= 0.3 is 0 Å². The van der Waals surface area contributed by atoms with Crippen LogP contribution < -0.4 is 15.8 Å². The standard InChI is InChI=1S/C20H26N2O2.ClH/c1-14(2)16-6-8-17(9-7-16)19(21)13-22-20(23)12-15-4-10-18(24-3)11-5-15;/h4-11,14,19H,12-13,21H2,1-3H3,(H,22,23);1H. The lowest BCUT2D eigenvalue weighted by atomic mass is 9.99. The van der Waals surface area contributed by atoms with Gasteiger partial charge in [0.15, 0.2) is 0 Å². The Hall–Kier alpha value is -2.04. The maximum absolute atomic E-state index is 12.0. The highest BCUT2D eigenvalue weighted by molar-refractivity contribution is 5.85. The first kappa shape index (κ1) is 21.0. The zero-order valence-corrected chi connectivity index (χ0v) is 15.8. The van der Waals surface area contributed by atoms with Gasteiger partial charge in [-0.1, -0.05) is 50.2 Å².